The summed E-state index contributed by atoms with van der Waals surface area (Å²) in [4.78, 5) is 14.7. The van der Waals surface area contributed by atoms with Gasteiger partial charge in [0, 0.05) is 31.6 Å². The van der Waals surface area contributed by atoms with Crippen molar-refractivity contribution < 1.29 is 13.9 Å². The maximum Gasteiger partial charge on any atom is 0.223 e. The smallest absolute Gasteiger partial charge is 0.223 e. The van der Waals surface area contributed by atoms with Gasteiger partial charge in [0.25, 0.3) is 0 Å². The van der Waals surface area contributed by atoms with Gasteiger partial charge in [-0.3, -0.25) is 9.69 Å². The van der Waals surface area contributed by atoms with E-state index in [4.69, 9.17) is 10.5 Å². The number of rotatable bonds is 5. The first kappa shape index (κ1) is 17.3. The number of nitrogens with one attached hydrogen (secondary N) is 1. The van der Waals surface area contributed by atoms with E-state index in [9.17, 15) is 9.18 Å². The maximum absolute atomic E-state index is 13.2. The molecule has 1 saturated carbocycles. The molecule has 6 heteroatoms. The number of nitrogens with zero attached hydrogens (tertiary/aromatic N) is 1. The van der Waals surface area contributed by atoms with E-state index in [0.717, 1.165) is 37.9 Å². The van der Waals surface area contributed by atoms with Gasteiger partial charge in [0.05, 0.1) is 19.3 Å². The second-order valence-corrected chi connectivity index (χ2v) is 6.73. The topological polar surface area (TPSA) is 67.6 Å². The minimum Gasteiger partial charge on any atom is -0.379 e. The second-order valence-electron chi connectivity index (χ2n) is 6.73. The predicted molar refractivity (Wildman–Crippen MR) is 89.9 cm³/mol. The number of ether oxygens (including phenoxy) is 1. The molecule has 1 aromatic rings. The number of amides is 1. The van der Waals surface area contributed by atoms with Crippen molar-refractivity contribution in [3.05, 3.63) is 35.6 Å². The molecular formula is C18H26FN3O2. The summed E-state index contributed by atoms with van der Waals surface area (Å²) >= 11 is 0. The van der Waals surface area contributed by atoms with Crippen LogP contribution in [0.5, 0.6) is 0 Å². The first-order valence-corrected chi connectivity index (χ1v) is 8.74. The summed E-state index contributed by atoms with van der Waals surface area (Å²) in [6.07, 6.45) is 2.55. The quantitative estimate of drug-likeness (QED) is 0.854. The normalized spacial score (nSPS) is 26.2. The third kappa shape index (κ3) is 4.32. The Hall–Kier alpha value is -1.50. The van der Waals surface area contributed by atoms with Crippen LogP contribution in [0.3, 0.4) is 0 Å². The van der Waals surface area contributed by atoms with Gasteiger partial charge in [-0.15, -0.1) is 0 Å². The lowest BCUT2D eigenvalue weighted by atomic mass is 10.0. The molecule has 1 saturated heterocycles. The predicted octanol–water partition coefficient (Wildman–Crippen LogP) is 1.44. The first-order valence-electron chi connectivity index (χ1n) is 8.74. The van der Waals surface area contributed by atoms with E-state index in [0.29, 0.717) is 19.8 Å². The molecule has 2 fully saturated rings. The molecule has 3 N–H and O–H groups in total. The van der Waals surface area contributed by atoms with E-state index in [1.165, 1.54) is 12.1 Å². The minimum absolute atomic E-state index is 0.0264. The Bertz CT molecular complexity index is 546. The molecule has 3 unspecified atom stereocenters. The van der Waals surface area contributed by atoms with E-state index in [2.05, 4.69) is 10.2 Å². The summed E-state index contributed by atoms with van der Waals surface area (Å²) in [6.45, 7) is 3.51. The summed E-state index contributed by atoms with van der Waals surface area (Å²) in [5.74, 6) is -0.134. The van der Waals surface area contributed by atoms with Crippen molar-refractivity contribution in [1.82, 2.24) is 10.2 Å². The standard InChI is InChI=1S/C18H26FN3O2/c19-15-4-1-13(2-5-15)17(22-7-9-24-10-8-22)12-21-18(23)14-3-6-16(20)11-14/h1-2,4-5,14,16-17H,3,6-12,20H2,(H,21,23). The lowest BCUT2D eigenvalue weighted by Crippen LogP contribution is -2.44. The Morgan fingerprint density at radius 2 is 2.00 bits per heavy atom. The zero-order valence-corrected chi connectivity index (χ0v) is 13.9. The van der Waals surface area contributed by atoms with Gasteiger partial charge in [-0.2, -0.15) is 0 Å². The lowest BCUT2D eigenvalue weighted by molar-refractivity contribution is -0.125. The van der Waals surface area contributed by atoms with Crippen molar-refractivity contribution in [2.75, 3.05) is 32.8 Å². The Kier molecular flexibility index (Phi) is 5.81. The van der Waals surface area contributed by atoms with Gasteiger partial charge in [0.1, 0.15) is 5.82 Å². The van der Waals surface area contributed by atoms with Gasteiger partial charge in [0.2, 0.25) is 5.91 Å². The fraction of sp³-hybridized carbons (Fsp3) is 0.611. The molecule has 0 bridgehead atoms. The Labute approximate surface area is 142 Å². The first-order chi connectivity index (χ1) is 11.6. The number of nitrogens with two attached hydrogens (primary N) is 1. The molecule has 0 spiro atoms. The van der Waals surface area contributed by atoms with Crippen LogP contribution >= 0.6 is 0 Å². The molecule has 1 amide bonds. The van der Waals surface area contributed by atoms with Crippen LogP contribution in [0.4, 0.5) is 4.39 Å². The van der Waals surface area contributed by atoms with Crippen molar-refractivity contribution >= 4 is 5.91 Å². The monoisotopic (exact) mass is 335 g/mol. The summed E-state index contributed by atoms with van der Waals surface area (Å²) < 4.78 is 18.7. The van der Waals surface area contributed by atoms with Crippen LogP contribution in [-0.4, -0.2) is 49.7 Å². The summed E-state index contributed by atoms with van der Waals surface area (Å²) in [5.41, 5.74) is 6.92. The van der Waals surface area contributed by atoms with Gasteiger partial charge in [-0.1, -0.05) is 12.1 Å². The minimum atomic E-state index is -0.247. The van der Waals surface area contributed by atoms with Gasteiger partial charge >= 0.3 is 0 Å². The highest BCUT2D eigenvalue weighted by Gasteiger charge is 2.29. The number of carbonyl (C=O) groups excluding carboxylic acids is 1. The molecule has 2 aliphatic rings. The average molecular weight is 335 g/mol. The van der Waals surface area contributed by atoms with Gasteiger partial charge < -0.3 is 15.8 Å². The highest BCUT2D eigenvalue weighted by atomic mass is 19.1. The lowest BCUT2D eigenvalue weighted by Gasteiger charge is -2.35. The van der Waals surface area contributed by atoms with Gasteiger partial charge in [0.15, 0.2) is 0 Å². The van der Waals surface area contributed by atoms with Crippen LogP contribution in [0.1, 0.15) is 30.9 Å². The molecule has 132 valence electrons. The molecule has 1 aliphatic carbocycles. The van der Waals surface area contributed by atoms with E-state index < -0.39 is 0 Å². The van der Waals surface area contributed by atoms with Crippen LogP contribution < -0.4 is 11.1 Å². The number of carbonyl (C=O) groups is 1. The van der Waals surface area contributed by atoms with Crippen molar-refractivity contribution in [2.45, 2.75) is 31.3 Å². The number of hydrogen-bond acceptors (Lipinski definition) is 4. The Morgan fingerprint density at radius 3 is 2.62 bits per heavy atom. The van der Waals surface area contributed by atoms with Crippen LogP contribution in [-0.2, 0) is 9.53 Å². The molecule has 1 aliphatic heterocycles. The Morgan fingerprint density at radius 1 is 1.29 bits per heavy atom. The van der Waals surface area contributed by atoms with Crippen LogP contribution in [0.25, 0.3) is 0 Å². The molecule has 24 heavy (non-hydrogen) atoms. The van der Waals surface area contributed by atoms with Gasteiger partial charge in [-0.25, -0.2) is 4.39 Å². The molecule has 5 nitrogen and oxygen atoms in total. The fourth-order valence-electron chi connectivity index (χ4n) is 3.63. The van der Waals surface area contributed by atoms with Crippen LogP contribution in [0, 0.1) is 11.7 Å². The van der Waals surface area contributed by atoms with Crippen molar-refractivity contribution in [2.24, 2.45) is 11.7 Å². The number of benzene rings is 1. The van der Waals surface area contributed by atoms with E-state index in [-0.39, 0.29) is 29.7 Å². The third-order valence-corrected chi connectivity index (χ3v) is 5.05. The fourth-order valence-corrected chi connectivity index (χ4v) is 3.63. The number of hydrogen-bond donors (Lipinski definition) is 2. The SMILES string of the molecule is NC1CCC(C(=O)NCC(c2ccc(F)cc2)N2CCOCC2)C1. The molecule has 0 radical (unpaired) electrons. The highest BCUT2D eigenvalue weighted by Crippen LogP contribution is 2.25. The number of morpholine rings is 1. The molecule has 1 heterocycles. The molecule has 0 aromatic heterocycles. The van der Waals surface area contributed by atoms with Crippen molar-refractivity contribution in [1.29, 1.82) is 0 Å². The van der Waals surface area contributed by atoms with E-state index >= 15 is 0 Å². The van der Waals surface area contributed by atoms with Crippen molar-refractivity contribution in [3.8, 4) is 0 Å². The Balaban J connectivity index is 1.65. The van der Waals surface area contributed by atoms with Crippen LogP contribution in [0.2, 0.25) is 0 Å². The maximum atomic E-state index is 13.2. The largest absolute Gasteiger partial charge is 0.379 e. The molecule has 3 atom stereocenters. The van der Waals surface area contributed by atoms with E-state index in [1.807, 2.05) is 0 Å². The third-order valence-electron chi connectivity index (χ3n) is 5.05. The van der Waals surface area contributed by atoms with Crippen LogP contribution in [0.15, 0.2) is 24.3 Å². The summed E-state index contributed by atoms with van der Waals surface area (Å²) in [7, 11) is 0. The van der Waals surface area contributed by atoms with E-state index in [1.54, 1.807) is 12.1 Å². The van der Waals surface area contributed by atoms with Gasteiger partial charge in [-0.05, 0) is 37.0 Å². The summed E-state index contributed by atoms with van der Waals surface area (Å²) in [5, 5.41) is 3.08. The molecule has 1 aromatic carbocycles. The van der Waals surface area contributed by atoms with Crippen molar-refractivity contribution in [3.63, 3.8) is 0 Å². The second kappa shape index (κ2) is 8.05. The number of halogens is 1. The average Bonchev–Trinajstić information content (AvgIpc) is 3.04. The summed E-state index contributed by atoms with van der Waals surface area (Å²) in [6, 6.07) is 6.72. The highest BCUT2D eigenvalue weighted by molar-refractivity contribution is 5.79. The molecule has 3 rings (SSSR count). The zero-order valence-electron chi connectivity index (χ0n) is 13.9. The molecular weight excluding hydrogens is 309 g/mol. The zero-order chi connectivity index (χ0) is 16.9.